The van der Waals surface area contributed by atoms with Crippen molar-refractivity contribution in [2.45, 2.75) is 18.9 Å². The lowest BCUT2D eigenvalue weighted by atomic mass is 10.1. The molecule has 0 saturated carbocycles. The van der Waals surface area contributed by atoms with Crippen molar-refractivity contribution in [1.29, 1.82) is 0 Å². The molecular weight excluding hydrogens is 380 g/mol. The van der Waals surface area contributed by atoms with Crippen LogP contribution in [0.15, 0.2) is 60.9 Å². The first-order valence-corrected chi connectivity index (χ1v) is 9.98. The van der Waals surface area contributed by atoms with E-state index in [0.29, 0.717) is 22.5 Å². The summed E-state index contributed by atoms with van der Waals surface area (Å²) >= 11 is 0. The fourth-order valence-corrected chi connectivity index (χ4v) is 3.57. The fourth-order valence-electron chi connectivity index (χ4n) is 3.57. The topological polar surface area (TPSA) is 100 Å². The average Bonchev–Trinajstić information content (AvgIpc) is 3.15. The second-order valence-electron chi connectivity index (χ2n) is 7.17. The predicted octanol–water partition coefficient (Wildman–Crippen LogP) is 3.05. The lowest BCUT2D eigenvalue weighted by Crippen LogP contribution is -2.37. The number of anilines is 1. The Morgan fingerprint density at radius 1 is 0.933 bits per heavy atom. The maximum Gasteiger partial charge on any atom is 0.204 e. The molecule has 1 aliphatic rings. The highest BCUT2D eigenvalue weighted by molar-refractivity contribution is 5.98. The quantitative estimate of drug-likeness (QED) is 0.529. The molecule has 0 radical (unpaired) electrons. The first-order chi connectivity index (χ1) is 14.8. The van der Waals surface area contributed by atoms with E-state index in [1.807, 2.05) is 54.6 Å². The molecule has 0 spiro atoms. The van der Waals surface area contributed by atoms with Crippen molar-refractivity contribution in [3.63, 3.8) is 0 Å². The van der Waals surface area contributed by atoms with E-state index in [4.69, 9.17) is 15.3 Å². The SMILES string of the molecule is Nc1ncnc2c1c(-c1ccc(Oc3ccccc3)cc1)nn2OC1CCNCC1. The molecule has 0 aliphatic carbocycles. The van der Waals surface area contributed by atoms with Gasteiger partial charge in [0.15, 0.2) is 0 Å². The highest BCUT2D eigenvalue weighted by Crippen LogP contribution is 2.31. The summed E-state index contributed by atoms with van der Waals surface area (Å²) in [7, 11) is 0. The normalized spacial score (nSPS) is 14.7. The number of benzene rings is 2. The molecular formula is C22H22N6O2. The molecule has 0 atom stereocenters. The molecule has 2 aromatic carbocycles. The minimum absolute atomic E-state index is 0.0834. The molecule has 8 heteroatoms. The van der Waals surface area contributed by atoms with Gasteiger partial charge in [0.2, 0.25) is 5.65 Å². The number of nitrogens with zero attached hydrogens (tertiary/aromatic N) is 4. The molecule has 1 saturated heterocycles. The molecule has 30 heavy (non-hydrogen) atoms. The Bertz CT molecular complexity index is 1140. The predicted molar refractivity (Wildman–Crippen MR) is 114 cm³/mol. The van der Waals surface area contributed by atoms with Crippen LogP contribution in [0.25, 0.3) is 22.3 Å². The zero-order valence-corrected chi connectivity index (χ0v) is 16.4. The van der Waals surface area contributed by atoms with E-state index in [1.165, 1.54) is 11.2 Å². The number of piperidine rings is 1. The molecule has 0 unspecified atom stereocenters. The van der Waals surface area contributed by atoms with Gasteiger partial charge in [-0.15, -0.1) is 5.10 Å². The van der Waals surface area contributed by atoms with E-state index in [2.05, 4.69) is 20.4 Å². The Morgan fingerprint density at radius 3 is 2.43 bits per heavy atom. The highest BCUT2D eigenvalue weighted by atomic mass is 16.7. The number of fused-ring (bicyclic) bond motifs is 1. The third kappa shape index (κ3) is 3.65. The molecule has 0 bridgehead atoms. The maximum absolute atomic E-state index is 6.18. The number of nitrogens with one attached hydrogen (secondary N) is 1. The van der Waals surface area contributed by atoms with Gasteiger partial charge in [0.25, 0.3) is 0 Å². The van der Waals surface area contributed by atoms with Gasteiger partial charge < -0.3 is 20.6 Å². The van der Waals surface area contributed by atoms with Crippen LogP contribution in [-0.2, 0) is 0 Å². The van der Waals surface area contributed by atoms with Crippen LogP contribution in [0.1, 0.15) is 12.8 Å². The van der Waals surface area contributed by atoms with E-state index < -0.39 is 0 Å². The second kappa shape index (κ2) is 8.00. The minimum Gasteiger partial charge on any atom is -0.457 e. The number of nitrogen functional groups attached to an aromatic ring is 1. The molecule has 4 aromatic rings. The number of nitrogens with two attached hydrogens (primary N) is 1. The molecule has 1 fully saturated rings. The third-order valence-electron chi connectivity index (χ3n) is 5.11. The summed E-state index contributed by atoms with van der Waals surface area (Å²) in [6.07, 6.45) is 3.35. The Morgan fingerprint density at radius 2 is 1.67 bits per heavy atom. The molecule has 2 aromatic heterocycles. The van der Waals surface area contributed by atoms with E-state index in [-0.39, 0.29) is 6.10 Å². The van der Waals surface area contributed by atoms with Crippen molar-refractivity contribution >= 4 is 16.9 Å². The van der Waals surface area contributed by atoms with Gasteiger partial charge in [-0.1, -0.05) is 23.0 Å². The van der Waals surface area contributed by atoms with Crippen molar-refractivity contribution < 1.29 is 9.57 Å². The molecule has 5 rings (SSSR count). The van der Waals surface area contributed by atoms with Crippen LogP contribution in [0, 0.1) is 0 Å². The van der Waals surface area contributed by atoms with Crippen LogP contribution < -0.4 is 20.6 Å². The number of aromatic nitrogens is 4. The maximum atomic E-state index is 6.18. The zero-order valence-electron chi connectivity index (χ0n) is 16.4. The van der Waals surface area contributed by atoms with Crippen molar-refractivity contribution in [2.24, 2.45) is 0 Å². The molecule has 0 amide bonds. The first-order valence-electron chi connectivity index (χ1n) is 9.98. The lowest BCUT2D eigenvalue weighted by molar-refractivity contribution is 0.00582. The number of para-hydroxylation sites is 1. The first kappa shape index (κ1) is 18.4. The lowest BCUT2D eigenvalue weighted by Gasteiger charge is -2.22. The van der Waals surface area contributed by atoms with E-state index in [9.17, 15) is 0 Å². The van der Waals surface area contributed by atoms with Crippen LogP contribution in [0.2, 0.25) is 0 Å². The summed E-state index contributed by atoms with van der Waals surface area (Å²) in [4.78, 5) is 16.1. The smallest absolute Gasteiger partial charge is 0.204 e. The average molecular weight is 402 g/mol. The van der Waals surface area contributed by atoms with E-state index in [0.717, 1.165) is 43.0 Å². The number of rotatable bonds is 5. The number of hydrogen-bond acceptors (Lipinski definition) is 7. The minimum atomic E-state index is 0.0834. The number of ether oxygens (including phenoxy) is 1. The molecule has 3 heterocycles. The summed E-state index contributed by atoms with van der Waals surface area (Å²) in [6, 6.07) is 17.4. The van der Waals surface area contributed by atoms with Crippen molar-refractivity contribution in [3.8, 4) is 22.8 Å². The van der Waals surface area contributed by atoms with Crippen LogP contribution in [-0.4, -0.2) is 39.1 Å². The summed E-state index contributed by atoms with van der Waals surface area (Å²) in [5, 5.41) is 8.70. The van der Waals surface area contributed by atoms with Crippen LogP contribution in [0.5, 0.6) is 11.5 Å². The Labute approximate surface area is 173 Å². The molecule has 1 aliphatic heterocycles. The Hall–Kier alpha value is -3.65. The van der Waals surface area contributed by atoms with Gasteiger partial charge in [0.1, 0.15) is 35.4 Å². The van der Waals surface area contributed by atoms with Gasteiger partial charge in [-0.25, -0.2) is 9.97 Å². The Kier molecular flexibility index (Phi) is 4.90. The van der Waals surface area contributed by atoms with Gasteiger partial charge in [-0.3, -0.25) is 0 Å². The number of hydrogen-bond donors (Lipinski definition) is 2. The largest absolute Gasteiger partial charge is 0.457 e. The van der Waals surface area contributed by atoms with E-state index >= 15 is 0 Å². The summed E-state index contributed by atoms with van der Waals surface area (Å²) in [6.45, 7) is 1.85. The Balaban J connectivity index is 1.47. The highest BCUT2D eigenvalue weighted by Gasteiger charge is 2.21. The molecule has 8 nitrogen and oxygen atoms in total. The zero-order chi connectivity index (χ0) is 20.3. The summed E-state index contributed by atoms with van der Waals surface area (Å²) < 4.78 is 5.88. The summed E-state index contributed by atoms with van der Waals surface area (Å²) in [5.41, 5.74) is 8.32. The van der Waals surface area contributed by atoms with E-state index in [1.54, 1.807) is 0 Å². The fraction of sp³-hybridized carbons (Fsp3) is 0.227. The standard InChI is InChI=1S/C22H22N6O2/c23-21-19-20(15-6-8-17(9-7-15)29-16-4-2-1-3-5-16)27-28(22(19)26-14-25-21)30-18-10-12-24-13-11-18/h1-9,14,18,24H,10-13H2,(H2,23,25,26). The van der Waals surface area contributed by atoms with Crippen molar-refractivity contribution in [1.82, 2.24) is 25.2 Å². The van der Waals surface area contributed by atoms with Gasteiger partial charge in [0.05, 0.1) is 5.39 Å². The molecule has 152 valence electrons. The molecule has 3 N–H and O–H groups in total. The van der Waals surface area contributed by atoms with Crippen LogP contribution in [0.3, 0.4) is 0 Å². The van der Waals surface area contributed by atoms with Gasteiger partial charge in [-0.2, -0.15) is 0 Å². The van der Waals surface area contributed by atoms with Crippen molar-refractivity contribution in [3.05, 3.63) is 60.9 Å². The van der Waals surface area contributed by atoms with Gasteiger partial charge >= 0.3 is 0 Å². The van der Waals surface area contributed by atoms with Gasteiger partial charge in [0, 0.05) is 5.56 Å². The second-order valence-corrected chi connectivity index (χ2v) is 7.17. The van der Waals surface area contributed by atoms with Crippen molar-refractivity contribution in [2.75, 3.05) is 18.8 Å². The third-order valence-corrected chi connectivity index (χ3v) is 5.11. The van der Waals surface area contributed by atoms with Crippen LogP contribution in [0.4, 0.5) is 5.82 Å². The monoisotopic (exact) mass is 402 g/mol. The summed E-state index contributed by atoms with van der Waals surface area (Å²) in [5.74, 6) is 1.90. The van der Waals surface area contributed by atoms with Crippen LogP contribution >= 0.6 is 0 Å². The van der Waals surface area contributed by atoms with Gasteiger partial charge in [-0.05, 0) is 62.3 Å².